The first-order valence-electron chi connectivity index (χ1n) is 5.47. The zero-order chi connectivity index (χ0) is 15.9. The van der Waals surface area contributed by atoms with E-state index in [0.29, 0.717) is 0 Å². The summed E-state index contributed by atoms with van der Waals surface area (Å²) in [4.78, 5) is 0. The lowest BCUT2D eigenvalue weighted by molar-refractivity contribution is 0.367. The molecular weight excluding hydrogens is 336 g/mol. The van der Waals surface area contributed by atoms with Crippen molar-refractivity contribution < 1.29 is 22.0 Å². The molecule has 0 saturated heterocycles. The average Bonchev–Trinajstić information content (AvgIpc) is 2.43. The molecule has 0 bridgehead atoms. The maximum Gasteiger partial charge on any atom is 0.200 e. The van der Waals surface area contributed by atoms with Gasteiger partial charge in [-0.2, -0.15) is 0 Å². The normalized spacial score (nSPS) is 12.6. The first-order chi connectivity index (χ1) is 9.75. The van der Waals surface area contributed by atoms with Crippen molar-refractivity contribution >= 4 is 23.2 Å². The Labute approximate surface area is 126 Å². The average molecular weight is 342 g/mol. The van der Waals surface area contributed by atoms with Crippen molar-refractivity contribution in [2.24, 2.45) is 5.73 Å². The third-order valence-corrected chi connectivity index (χ3v) is 3.41. The molecule has 0 heterocycles. The molecule has 0 aliphatic heterocycles. The number of rotatable bonds is 2. The van der Waals surface area contributed by atoms with E-state index in [1.54, 1.807) is 0 Å². The van der Waals surface area contributed by atoms with Crippen LogP contribution in [0.4, 0.5) is 22.0 Å². The molecule has 1 atom stereocenters. The van der Waals surface area contributed by atoms with Crippen LogP contribution in [-0.4, -0.2) is 0 Å². The zero-order valence-corrected chi connectivity index (χ0v) is 11.5. The van der Waals surface area contributed by atoms with Gasteiger partial charge in [-0.15, -0.1) is 0 Å². The fourth-order valence-electron chi connectivity index (χ4n) is 1.80. The van der Waals surface area contributed by atoms with E-state index < -0.39 is 40.7 Å². The Kier molecular flexibility index (Phi) is 4.41. The standard InChI is InChI=1S/C13H6Cl2F5N/c14-4-1-2-5(6(15)3-4)13(21)7-8(16)10(18)12(20)11(19)9(7)17/h1-3,13H,21H2. The van der Waals surface area contributed by atoms with Gasteiger partial charge < -0.3 is 5.73 Å². The van der Waals surface area contributed by atoms with Gasteiger partial charge in [-0.1, -0.05) is 29.3 Å². The largest absolute Gasteiger partial charge is 0.320 e. The van der Waals surface area contributed by atoms with Gasteiger partial charge in [-0.3, -0.25) is 0 Å². The number of halogens is 7. The fraction of sp³-hybridized carbons (Fsp3) is 0.0769. The topological polar surface area (TPSA) is 26.0 Å². The second-order valence-electron chi connectivity index (χ2n) is 4.13. The molecule has 0 radical (unpaired) electrons. The molecule has 1 nitrogen and oxygen atoms in total. The summed E-state index contributed by atoms with van der Waals surface area (Å²) >= 11 is 11.5. The quantitative estimate of drug-likeness (QED) is 0.476. The summed E-state index contributed by atoms with van der Waals surface area (Å²) in [6.45, 7) is 0. The molecule has 2 aromatic rings. The molecule has 0 aliphatic carbocycles. The van der Waals surface area contributed by atoms with E-state index in [-0.39, 0.29) is 15.6 Å². The highest BCUT2D eigenvalue weighted by molar-refractivity contribution is 6.35. The lowest BCUT2D eigenvalue weighted by atomic mass is 9.98. The van der Waals surface area contributed by atoms with Crippen molar-refractivity contribution in [3.63, 3.8) is 0 Å². The van der Waals surface area contributed by atoms with Crippen LogP contribution in [0.2, 0.25) is 10.0 Å². The summed E-state index contributed by atoms with van der Waals surface area (Å²) in [6.07, 6.45) is 0. The zero-order valence-electron chi connectivity index (χ0n) is 10.0. The molecule has 2 aromatic carbocycles. The van der Waals surface area contributed by atoms with Crippen molar-refractivity contribution in [3.8, 4) is 0 Å². The predicted octanol–water partition coefficient (Wildman–Crippen LogP) is 4.74. The summed E-state index contributed by atoms with van der Waals surface area (Å²) in [5.74, 6) is -10.4. The van der Waals surface area contributed by atoms with Crippen LogP contribution in [0.3, 0.4) is 0 Å². The first-order valence-corrected chi connectivity index (χ1v) is 6.23. The van der Waals surface area contributed by atoms with Crippen LogP contribution in [-0.2, 0) is 0 Å². The molecule has 8 heteroatoms. The van der Waals surface area contributed by atoms with Gasteiger partial charge in [0.2, 0.25) is 5.82 Å². The molecule has 0 amide bonds. The number of hydrogen-bond acceptors (Lipinski definition) is 1. The molecule has 0 fully saturated rings. The van der Waals surface area contributed by atoms with E-state index in [1.165, 1.54) is 18.2 Å². The van der Waals surface area contributed by atoms with Gasteiger partial charge in [0.15, 0.2) is 23.3 Å². The predicted molar refractivity (Wildman–Crippen MR) is 68.7 cm³/mol. The van der Waals surface area contributed by atoms with Crippen LogP contribution in [0, 0.1) is 29.1 Å². The third kappa shape index (κ3) is 2.71. The highest BCUT2D eigenvalue weighted by atomic mass is 35.5. The molecule has 0 aliphatic rings. The Bertz CT molecular complexity index is 691. The van der Waals surface area contributed by atoms with Crippen LogP contribution < -0.4 is 5.73 Å². The SMILES string of the molecule is NC(c1ccc(Cl)cc1Cl)c1c(F)c(F)c(F)c(F)c1F. The second kappa shape index (κ2) is 5.79. The highest BCUT2D eigenvalue weighted by Gasteiger charge is 2.30. The van der Waals surface area contributed by atoms with Gasteiger partial charge in [-0.05, 0) is 17.7 Å². The van der Waals surface area contributed by atoms with E-state index in [0.717, 1.165) is 0 Å². The van der Waals surface area contributed by atoms with Gasteiger partial charge >= 0.3 is 0 Å². The third-order valence-electron chi connectivity index (χ3n) is 2.85. The summed E-state index contributed by atoms with van der Waals surface area (Å²) in [5, 5.41) is 0.173. The van der Waals surface area contributed by atoms with Gasteiger partial charge in [-0.25, -0.2) is 22.0 Å². The van der Waals surface area contributed by atoms with Gasteiger partial charge in [0.25, 0.3) is 0 Å². The molecule has 112 valence electrons. The Hall–Kier alpha value is -1.37. The van der Waals surface area contributed by atoms with Crippen molar-refractivity contribution in [1.29, 1.82) is 0 Å². The highest BCUT2D eigenvalue weighted by Crippen LogP contribution is 2.33. The number of benzene rings is 2. The van der Waals surface area contributed by atoms with Crippen LogP contribution in [0.5, 0.6) is 0 Å². The molecular formula is C13H6Cl2F5N. The summed E-state index contributed by atoms with van der Waals surface area (Å²) < 4.78 is 66.7. The fourth-order valence-corrected chi connectivity index (χ4v) is 2.33. The monoisotopic (exact) mass is 341 g/mol. The van der Waals surface area contributed by atoms with Crippen LogP contribution in [0.25, 0.3) is 0 Å². The van der Waals surface area contributed by atoms with E-state index >= 15 is 0 Å². The van der Waals surface area contributed by atoms with E-state index in [1.807, 2.05) is 0 Å². The van der Waals surface area contributed by atoms with E-state index in [2.05, 4.69) is 0 Å². The molecule has 2 rings (SSSR count). The molecule has 21 heavy (non-hydrogen) atoms. The molecule has 1 unspecified atom stereocenters. The van der Waals surface area contributed by atoms with E-state index in [4.69, 9.17) is 28.9 Å². The van der Waals surface area contributed by atoms with Gasteiger partial charge in [0.1, 0.15) is 0 Å². The van der Waals surface area contributed by atoms with Gasteiger partial charge in [0, 0.05) is 10.0 Å². The molecule has 0 aromatic heterocycles. The van der Waals surface area contributed by atoms with Crippen molar-refractivity contribution in [2.45, 2.75) is 6.04 Å². The van der Waals surface area contributed by atoms with Crippen LogP contribution in [0.1, 0.15) is 17.2 Å². The van der Waals surface area contributed by atoms with E-state index in [9.17, 15) is 22.0 Å². The first kappa shape index (κ1) is 16.0. The molecule has 0 saturated carbocycles. The Morgan fingerprint density at radius 3 is 1.76 bits per heavy atom. The minimum absolute atomic E-state index is 0.0238. The summed E-state index contributed by atoms with van der Waals surface area (Å²) in [6, 6.07) is 2.17. The summed E-state index contributed by atoms with van der Waals surface area (Å²) in [5.41, 5.74) is 4.41. The van der Waals surface area contributed by atoms with Crippen molar-refractivity contribution in [3.05, 3.63) is 68.5 Å². The van der Waals surface area contributed by atoms with Gasteiger partial charge in [0.05, 0.1) is 11.6 Å². The van der Waals surface area contributed by atoms with Crippen LogP contribution in [0.15, 0.2) is 18.2 Å². The lowest BCUT2D eigenvalue weighted by Crippen LogP contribution is -2.19. The Balaban J connectivity index is 2.66. The van der Waals surface area contributed by atoms with Crippen molar-refractivity contribution in [2.75, 3.05) is 0 Å². The second-order valence-corrected chi connectivity index (χ2v) is 4.97. The van der Waals surface area contributed by atoms with Crippen LogP contribution >= 0.6 is 23.2 Å². The molecule has 0 spiro atoms. The Morgan fingerprint density at radius 2 is 1.29 bits per heavy atom. The minimum Gasteiger partial charge on any atom is -0.320 e. The Morgan fingerprint density at radius 1 is 0.810 bits per heavy atom. The number of nitrogens with two attached hydrogens (primary N) is 1. The number of hydrogen-bond donors (Lipinski definition) is 1. The lowest BCUT2D eigenvalue weighted by Gasteiger charge is -2.17. The smallest absolute Gasteiger partial charge is 0.200 e. The van der Waals surface area contributed by atoms with Crippen molar-refractivity contribution in [1.82, 2.24) is 0 Å². The summed E-state index contributed by atoms with van der Waals surface area (Å²) in [7, 11) is 0. The maximum atomic E-state index is 13.7. The minimum atomic E-state index is -2.25. The molecule has 2 N–H and O–H groups in total. The maximum absolute atomic E-state index is 13.7.